The average Bonchev–Trinajstić information content (AvgIpc) is 2.57. The van der Waals surface area contributed by atoms with Crippen LogP contribution in [0.5, 0.6) is 0 Å². The minimum Gasteiger partial charge on any atom is -0.377 e. The first kappa shape index (κ1) is 19.3. The third-order valence-corrected chi connectivity index (χ3v) is 5.43. The highest BCUT2D eigenvalue weighted by atomic mass is 32.2. The number of hydrogen-bond acceptors (Lipinski definition) is 4. The van der Waals surface area contributed by atoms with Crippen molar-refractivity contribution >= 4 is 23.4 Å². The highest BCUT2D eigenvalue weighted by molar-refractivity contribution is 7.98. The van der Waals surface area contributed by atoms with Crippen molar-refractivity contribution in [2.45, 2.75) is 43.6 Å². The molecule has 0 bridgehead atoms. The van der Waals surface area contributed by atoms with Crippen molar-refractivity contribution in [3.05, 3.63) is 24.3 Å². The summed E-state index contributed by atoms with van der Waals surface area (Å²) >= 11 is 1.64. The molecule has 2 rings (SSSR count). The van der Waals surface area contributed by atoms with Gasteiger partial charge >= 0.3 is 0 Å². The molecule has 0 radical (unpaired) electrons. The zero-order valence-corrected chi connectivity index (χ0v) is 15.9. The molecule has 2 atom stereocenters. The molecule has 0 unspecified atom stereocenters. The van der Waals surface area contributed by atoms with Crippen LogP contribution in [0.1, 0.15) is 32.6 Å². The molecular formula is C19H30N2O2S. The Labute approximate surface area is 150 Å². The lowest BCUT2D eigenvalue weighted by Gasteiger charge is -2.29. The van der Waals surface area contributed by atoms with E-state index in [0.29, 0.717) is 25.2 Å². The summed E-state index contributed by atoms with van der Waals surface area (Å²) in [6, 6.07) is 7.88. The van der Waals surface area contributed by atoms with Crippen LogP contribution in [-0.2, 0) is 9.53 Å². The van der Waals surface area contributed by atoms with Gasteiger partial charge in [-0.3, -0.25) is 9.69 Å². The summed E-state index contributed by atoms with van der Waals surface area (Å²) in [6.45, 7) is 4.14. The van der Waals surface area contributed by atoms with Crippen LogP contribution in [0.3, 0.4) is 0 Å². The van der Waals surface area contributed by atoms with Crippen molar-refractivity contribution < 1.29 is 9.53 Å². The van der Waals surface area contributed by atoms with Gasteiger partial charge in [-0.15, -0.1) is 11.8 Å². The zero-order chi connectivity index (χ0) is 17.4. The number of likely N-dealkylation sites (N-methyl/N-ethyl adjacent to an activating group) is 1. The van der Waals surface area contributed by atoms with E-state index < -0.39 is 0 Å². The second-order valence-corrected chi connectivity index (χ2v) is 7.51. The Morgan fingerprint density at radius 3 is 2.83 bits per heavy atom. The van der Waals surface area contributed by atoms with Crippen LogP contribution >= 0.6 is 11.8 Å². The van der Waals surface area contributed by atoms with E-state index in [1.54, 1.807) is 11.8 Å². The van der Waals surface area contributed by atoms with E-state index in [1.807, 2.05) is 42.5 Å². The highest BCUT2D eigenvalue weighted by Crippen LogP contribution is 2.26. The predicted octanol–water partition coefficient (Wildman–Crippen LogP) is 3.87. The van der Waals surface area contributed by atoms with Crippen LogP contribution in [0.15, 0.2) is 29.2 Å². The van der Waals surface area contributed by atoms with Crippen molar-refractivity contribution in [3.8, 4) is 0 Å². The third-order valence-electron chi connectivity index (χ3n) is 4.63. The van der Waals surface area contributed by atoms with E-state index in [4.69, 9.17) is 4.74 Å². The van der Waals surface area contributed by atoms with Crippen molar-refractivity contribution in [1.82, 2.24) is 4.90 Å². The fourth-order valence-electron chi connectivity index (χ4n) is 3.15. The second kappa shape index (κ2) is 10.1. The summed E-state index contributed by atoms with van der Waals surface area (Å²) in [6.07, 6.45) is 7.48. The Hall–Kier alpha value is -1.04. The van der Waals surface area contributed by atoms with Gasteiger partial charge in [-0.1, -0.05) is 31.9 Å². The van der Waals surface area contributed by atoms with Crippen LogP contribution in [0.25, 0.3) is 0 Å². The van der Waals surface area contributed by atoms with Crippen molar-refractivity contribution in [2.75, 3.05) is 38.3 Å². The minimum absolute atomic E-state index is 0.0186. The number of hydrogen-bond donors (Lipinski definition) is 1. The molecule has 1 N–H and O–H groups in total. The van der Waals surface area contributed by atoms with Crippen LogP contribution in [0, 0.1) is 5.92 Å². The molecular weight excluding hydrogens is 320 g/mol. The lowest BCUT2D eigenvalue weighted by Crippen LogP contribution is -2.34. The monoisotopic (exact) mass is 350 g/mol. The van der Waals surface area contributed by atoms with Gasteiger partial charge in [-0.2, -0.15) is 0 Å². The molecule has 1 saturated carbocycles. The number of nitrogens with one attached hydrogen (secondary N) is 1. The summed E-state index contributed by atoms with van der Waals surface area (Å²) in [7, 11) is 1.97. The van der Waals surface area contributed by atoms with Gasteiger partial charge in [0, 0.05) is 11.4 Å². The quantitative estimate of drug-likeness (QED) is 0.723. The summed E-state index contributed by atoms with van der Waals surface area (Å²) in [5.74, 6) is 0.681. The maximum Gasteiger partial charge on any atom is 0.238 e. The Morgan fingerprint density at radius 1 is 1.33 bits per heavy atom. The summed E-state index contributed by atoms with van der Waals surface area (Å²) in [4.78, 5) is 15.3. The van der Waals surface area contributed by atoms with E-state index >= 15 is 0 Å². The summed E-state index contributed by atoms with van der Waals surface area (Å²) in [5.41, 5.74) is 0.885. The normalized spacial score (nSPS) is 21.0. The molecule has 0 aliphatic heterocycles. The number of carbonyl (C=O) groups is 1. The number of thioether (sulfide) groups is 1. The Bertz CT molecular complexity index is 524. The number of rotatable bonds is 8. The molecule has 0 heterocycles. The van der Waals surface area contributed by atoms with Crippen molar-refractivity contribution in [2.24, 2.45) is 5.92 Å². The molecule has 1 fully saturated rings. The molecule has 5 heteroatoms. The predicted molar refractivity (Wildman–Crippen MR) is 102 cm³/mol. The lowest BCUT2D eigenvalue weighted by molar-refractivity contribution is -0.117. The average molecular weight is 351 g/mol. The first-order valence-corrected chi connectivity index (χ1v) is 10.1. The van der Waals surface area contributed by atoms with Gasteiger partial charge in [-0.25, -0.2) is 0 Å². The van der Waals surface area contributed by atoms with Gasteiger partial charge in [0.15, 0.2) is 0 Å². The molecule has 1 amide bonds. The summed E-state index contributed by atoms with van der Waals surface area (Å²) in [5, 5.41) is 3.00. The molecule has 1 aromatic carbocycles. The zero-order valence-electron chi connectivity index (χ0n) is 15.1. The Kier molecular flexibility index (Phi) is 8.09. The maximum atomic E-state index is 12.2. The Morgan fingerprint density at radius 2 is 2.08 bits per heavy atom. The Balaban J connectivity index is 1.69. The SMILES string of the molecule is CSc1ccccc1NC(=O)CN(C)CCO[C@H]1CCCC[C@@H]1C. The second-order valence-electron chi connectivity index (χ2n) is 6.66. The van der Waals surface area contributed by atoms with Crippen LogP contribution in [-0.4, -0.2) is 49.9 Å². The number of anilines is 1. The smallest absolute Gasteiger partial charge is 0.238 e. The van der Waals surface area contributed by atoms with Gasteiger partial charge in [-0.05, 0) is 44.2 Å². The van der Waals surface area contributed by atoms with Gasteiger partial charge in [0.1, 0.15) is 0 Å². The number of ether oxygens (including phenoxy) is 1. The van der Waals surface area contributed by atoms with E-state index in [1.165, 1.54) is 25.7 Å². The van der Waals surface area contributed by atoms with Gasteiger partial charge < -0.3 is 10.1 Å². The standard InChI is InChI=1S/C19H30N2O2S/c1-15-8-4-6-10-17(15)23-13-12-21(2)14-19(22)20-16-9-5-7-11-18(16)24-3/h5,7,9,11,15,17H,4,6,8,10,12-14H2,1-3H3,(H,20,22)/t15-,17-/m0/s1. The van der Waals surface area contributed by atoms with E-state index in [2.05, 4.69) is 12.2 Å². The van der Waals surface area contributed by atoms with Crippen LogP contribution in [0.2, 0.25) is 0 Å². The fourth-order valence-corrected chi connectivity index (χ4v) is 3.71. The topological polar surface area (TPSA) is 41.6 Å². The number of nitrogens with zero attached hydrogens (tertiary/aromatic N) is 1. The first-order chi connectivity index (χ1) is 11.6. The molecule has 0 aromatic heterocycles. The van der Waals surface area contributed by atoms with Crippen LogP contribution in [0.4, 0.5) is 5.69 Å². The maximum absolute atomic E-state index is 12.2. The molecule has 4 nitrogen and oxygen atoms in total. The van der Waals surface area contributed by atoms with E-state index in [0.717, 1.165) is 17.1 Å². The van der Waals surface area contributed by atoms with E-state index in [9.17, 15) is 4.79 Å². The largest absolute Gasteiger partial charge is 0.377 e. The highest BCUT2D eigenvalue weighted by Gasteiger charge is 2.21. The van der Waals surface area contributed by atoms with Gasteiger partial charge in [0.25, 0.3) is 0 Å². The number of para-hydroxylation sites is 1. The molecule has 1 aromatic rings. The van der Waals surface area contributed by atoms with Gasteiger partial charge in [0.2, 0.25) is 5.91 Å². The first-order valence-electron chi connectivity index (χ1n) is 8.83. The molecule has 24 heavy (non-hydrogen) atoms. The fraction of sp³-hybridized carbons (Fsp3) is 0.632. The molecule has 1 aliphatic rings. The number of benzene rings is 1. The van der Waals surface area contributed by atoms with Gasteiger partial charge in [0.05, 0.1) is 24.9 Å². The number of amides is 1. The van der Waals surface area contributed by atoms with E-state index in [-0.39, 0.29) is 5.91 Å². The van der Waals surface area contributed by atoms with Crippen molar-refractivity contribution in [3.63, 3.8) is 0 Å². The van der Waals surface area contributed by atoms with Crippen LogP contribution < -0.4 is 5.32 Å². The summed E-state index contributed by atoms with van der Waals surface area (Å²) < 4.78 is 6.03. The molecule has 134 valence electrons. The minimum atomic E-state index is 0.0186. The molecule has 0 saturated heterocycles. The van der Waals surface area contributed by atoms with Crippen molar-refractivity contribution in [1.29, 1.82) is 0 Å². The lowest BCUT2D eigenvalue weighted by atomic mass is 9.88. The third kappa shape index (κ3) is 6.11. The molecule has 0 spiro atoms. The number of carbonyl (C=O) groups excluding carboxylic acids is 1. The molecule has 1 aliphatic carbocycles.